The maximum atomic E-state index is 8.72. The third-order valence-corrected chi connectivity index (χ3v) is 2.81. The fraction of sp³-hybridized carbons (Fsp3) is 0.462. The lowest BCUT2D eigenvalue weighted by atomic mass is 10.0. The van der Waals surface area contributed by atoms with E-state index in [1.54, 1.807) is 0 Å². The van der Waals surface area contributed by atoms with Gasteiger partial charge in [-0.2, -0.15) is 5.26 Å². The number of hydrogen-bond acceptors (Lipinski definition) is 3. The van der Waals surface area contributed by atoms with Crippen molar-refractivity contribution in [3.05, 3.63) is 35.9 Å². The molecule has 0 amide bonds. The van der Waals surface area contributed by atoms with E-state index in [2.05, 4.69) is 6.07 Å². The molecular weight excluding hydrogens is 202 g/mol. The standard InChI is InChI=1S/C13H15NO2/c1-10-9-15-13(16-12(10)7-8-14)11-5-3-2-4-6-11/h2-6,10,12-13H,7,9H2,1H3. The maximum absolute atomic E-state index is 8.72. The molecule has 3 atom stereocenters. The topological polar surface area (TPSA) is 42.2 Å². The highest BCUT2D eigenvalue weighted by Crippen LogP contribution is 2.30. The molecule has 84 valence electrons. The lowest BCUT2D eigenvalue weighted by molar-refractivity contribution is -0.236. The van der Waals surface area contributed by atoms with E-state index in [1.807, 2.05) is 37.3 Å². The SMILES string of the molecule is CC1COC(c2ccccc2)OC1CC#N. The molecule has 0 radical (unpaired) electrons. The number of ether oxygens (including phenoxy) is 2. The maximum Gasteiger partial charge on any atom is 0.184 e. The molecule has 1 fully saturated rings. The van der Waals surface area contributed by atoms with Crippen molar-refractivity contribution in [1.29, 1.82) is 5.26 Å². The molecule has 1 aromatic carbocycles. The summed E-state index contributed by atoms with van der Waals surface area (Å²) in [4.78, 5) is 0. The molecule has 0 aromatic heterocycles. The lowest BCUT2D eigenvalue weighted by Crippen LogP contribution is -2.34. The molecule has 3 nitrogen and oxygen atoms in total. The Bertz CT molecular complexity index is 371. The van der Waals surface area contributed by atoms with Crippen molar-refractivity contribution < 1.29 is 9.47 Å². The molecule has 0 bridgehead atoms. The first-order valence-electron chi connectivity index (χ1n) is 5.50. The Morgan fingerprint density at radius 2 is 2.12 bits per heavy atom. The molecule has 0 aliphatic carbocycles. The molecule has 1 aliphatic rings. The molecule has 0 N–H and O–H groups in total. The zero-order chi connectivity index (χ0) is 11.4. The van der Waals surface area contributed by atoms with Crippen LogP contribution < -0.4 is 0 Å². The van der Waals surface area contributed by atoms with Crippen LogP contribution in [0, 0.1) is 17.2 Å². The van der Waals surface area contributed by atoms with Gasteiger partial charge in [0.2, 0.25) is 0 Å². The molecule has 16 heavy (non-hydrogen) atoms. The minimum Gasteiger partial charge on any atom is -0.348 e. The monoisotopic (exact) mass is 217 g/mol. The van der Waals surface area contributed by atoms with Gasteiger partial charge in [0.15, 0.2) is 6.29 Å². The van der Waals surface area contributed by atoms with Gasteiger partial charge in [-0.1, -0.05) is 37.3 Å². The molecule has 1 aromatic rings. The van der Waals surface area contributed by atoms with Crippen LogP contribution in [0.25, 0.3) is 0 Å². The van der Waals surface area contributed by atoms with Gasteiger partial charge in [0, 0.05) is 11.5 Å². The van der Waals surface area contributed by atoms with E-state index >= 15 is 0 Å². The summed E-state index contributed by atoms with van der Waals surface area (Å²) >= 11 is 0. The number of benzene rings is 1. The summed E-state index contributed by atoms with van der Waals surface area (Å²) in [5.41, 5.74) is 1.01. The fourth-order valence-corrected chi connectivity index (χ4v) is 1.80. The van der Waals surface area contributed by atoms with Crippen molar-refractivity contribution in [1.82, 2.24) is 0 Å². The van der Waals surface area contributed by atoms with E-state index in [0.29, 0.717) is 13.0 Å². The van der Waals surface area contributed by atoms with Gasteiger partial charge in [-0.25, -0.2) is 0 Å². The van der Waals surface area contributed by atoms with Crippen molar-refractivity contribution in [3.8, 4) is 6.07 Å². The van der Waals surface area contributed by atoms with Crippen LogP contribution in [0.1, 0.15) is 25.2 Å². The average molecular weight is 217 g/mol. The molecule has 0 saturated carbocycles. The minimum absolute atomic E-state index is 0.0241. The Hall–Kier alpha value is -1.37. The normalized spacial score (nSPS) is 29.6. The highest BCUT2D eigenvalue weighted by molar-refractivity contribution is 5.16. The number of nitrogens with zero attached hydrogens (tertiary/aromatic N) is 1. The third-order valence-electron chi connectivity index (χ3n) is 2.81. The first-order chi connectivity index (χ1) is 7.81. The van der Waals surface area contributed by atoms with E-state index in [-0.39, 0.29) is 18.3 Å². The summed E-state index contributed by atoms with van der Waals surface area (Å²) in [6.45, 7) is 2.69. The molecule has 3 unspecified atom stereocenters. The Labute approximate surface area is 95.6 Å². The van der Waals surface area contributed by atoms with Gasteiger partial charge in [-0.3, -0.25) is 0 Å². The van der Waals surface area contributed by atoms with Gasteiger partial charge in [0.25, 0.3) is 0 Å². The first kappa shape index (κ1) is 11.1. The second kappa shape index (κ2) is 5.11. The fourth-order valence-electron chi connectivity index (χ4n) is 1.80. The lowest BCUT2D eigenvalue weighted by Gasteiger charge is -2.33. The summed E-state index contributed by atoms with van der Waals surface area (Å²) in [6, 6.07) is 12.0. The average Bonchev–Trinajstić information content (AvgIpc) is 2.33. The summed E-state index contributed by atoms with van der Waals surface area (Å²) in [7, 11) is 0. The third kappa shape index (κ3) is 2.41. The van der Waals surface area contributed by atoms with E-state index in [9.17, 15) is 0 Å². The van der Waals surface area contributed by atoms with E-state index in [0.717, 1.165) is 5.56 Å². The molecule has 1 aliphatic heterocycles. The predicted octanol–water partition coefficient (Wildman–Crippen LogP) is 2.65. The quantitative estimate of drug-likeness (QED) is 0.764. The molecular formula is C13H15NO2. The minimum atomic E-state index is -0.323. The van der Waals surface area contributed by atoms with Crippen molar-refractivity contribution >= 4 is 0 Å². The van der Waals surface area contributed by atoms with Crippen LogP contribution in [0.2, 0.25) is 0 Å². The van der Waals surface area contributed by atoms with Gasteiger partial charge >= 0.3 is 0 Å². The van der Waals surface area contributed by atoms with Crippen molar-refractivity contribution in [2.24, 2.45) is 5.92 Å². The van der Waals surface area contributed by atoms with Crippen LogP contribution in [-0.4, -0.2) is 12.7 Å². The van der Waals surface area contributed by atoms with Crippen LogP contribution in [0.15, 0.2) is 30.3 Å². The van der Waals surface area contributed by atoms with E-state index < -0.39 is 0 Å². The van der Waals surface area contributed by atoms with Gasteiger partial charge in [0.1, 0.15) is 0 Å². The largest absolute Gasteiger partial charge is 0.348 e. The summed E-state index contributed by atoms with van der Waals surface area (Å²) in [6.07, 6.45) is 0.0770. The molecule has 1 saturated heterocycles. The van der Waals surface area contributed by atoms with Crippen LogP contribution in [-0.2, 0) is 9.47 Å². The predicted molar refractivity (Wildman–Crippen MR) is 59.4 cm³/mol. The number of hydrogen-bond donors (Lipinski definition) is 0. The summed E-state index contributed by atoms with van der Waals surface area (Å²) in [5, 5.41) is 8.72. The molecule has 1 heterocycles. The molecule has 3 heteroatoms. The van der Waals surface area contributed by atoms with Crippen molar-refractivity contribution in [2.45, 2.75) is 25.7 Å². The Kier molecular flexibility index (Phi) is 3.55. The smallest absolute Gasteiger partial charge is 0.184 e. The van der Waals surface area contributed by atoms with Crippen LogP contribution in [0.4, 0.5) is 0 Å². The zero-order valence-electron chi connectivity index (χ0n) is 9.30. The Morgan fingerprint density at radius 1 is 1.38 bits per heavy atom. The number of nitriles is 1. The van der Waals surface area contributed by atoms with Crippen molar-refractivity contribution in [2.75, 3.05) is 6.61 Å². The molecule has 0 spiro atoms. The van der Waals surface area contributed by atoms with E-state index in [4.69, 9.17) is 14.7 Å². The van der Waals surface area contributed by atoms with Gasteiger partial charge in [-0.05, 0) is 0 Å². The highest BCUT2D eigenvalue weighted by Gasteiger charge is 2.29. The Morgan fingerprint density at radius 3 is 2.81 bits per heavy atom. The van der Waals surface area contributed by atoms with Crippen LogP contribution in [0.5, 0.6) is 0 Å². The van der Waals surface area contributed by atoms with Gasteiger partial charge < -0.3 is 9.47 Å². The van der Waals surface area contributed by atoms with Crippen LogP contribution in [0.3, 0.4) is 0 Å². The zero-order valence-corrected chi connectivity index (χ0v) is 9.30. The Balaban J connectivity index is 2.06. The van der Waals surface area contributed by atoms with E-state index in [1.165, 1.54) is 0 Å². The highest BCUT2D eigenvalue weighted by atomic mass is 16.7. The number of rotatable bonds is 2. The second-order valence-electron chi connectivity index (χ2n) is 4.09. The first-order valence-corrected chi connectivity index (χ1v) is 5.50. The van der Waals surface area contributed by atoms with Gasteiger partial charge in [0.05, 0.1) is 25.2 Å². The van der Waals surface area contributed by atoms with Crippen molar-refractivity contribution in [3.63, 3.8) is 0 Å². The second-order valence-corrected chi connectivity index (χ2v) is 4.09. The summed E-state index contributed by atoms with van der Waals surface area (Å²) < 4.78 is 11.4. The molecule has 2 rings (SSSR count). The van der Waals surface area contributed by atoms with Gasteiger partial charge in [-0.15, -0.1) is 0 Å². The van der Waals surface area contributed by atoms with Crippen LogP contribution >= 0.6 is 0 Å². The summed E-state index contributed by atoms with van der Waals surface area (Å²) in [5.74, 6) is 0.277.